The van der Waals surface area contributed by atoms with Gasteiger partial charge >= 0.3 is 0 Å². The molecule has 5 atom stereocenters. The Labute approximate surface area is 419 Å². The molecule has 5 aliphatic heterocycles. The molecule has 1 amide bonds. The summed E-state index contributed by atoms with van der Waals surface area (Å²) in [5.41, 5.74) is 5.42. The summed E-state index contributed by atoms with van der Waals surface area (Å²) in [7, 11) is -4.63. The van der Waals surface area contributed by atoms with Crippen molar-refractivity contribution in [1.29, 1.82) is 0 Å². The molecular formula is C53H64N8O10S. The fourth-order valence-corrected chi connectivity index (χ4v) is 13.3. The first-order valence-corrected chi connectivity index (χ1v) is 27.0. The Kier molecular flexibility index (Phi) is 13.4. The molecule has 72 heavy (non-hydrogen) atoms. The zero-order valence-electron chi connectivity index (χ0n) is 41.1. The van der Waals surface area contributed by atoms with Crippen LogP contribution in [0.25, 0.3) is 11.0 Å². The van der Waals surface area contributed by atoms with E-state index in [9.17, 15) is 23.3 Å². The van der Waals surface area contributed by atoms with Gasteiger partial charge in [0.2, 0.25) is 5.88 Å². The highest BCUT2D eigenvalue weighted by Crippen LogP contribution is 2.55. The fraction of sp³-hybridized carbons (Fsp3) is 0.509. The predicted octanol–water partition coefficient (Wildman–Crippen LogP) is 7.83. The van der Waals surface area contributed by atoms with Crippen LogP contribution in [0.5, 0.6) is 5.88 Å². The molecule has 1 aliphatic carbocycles. The van der Waals surface area contributed by atoms with Crippen molar-refractivity contribution in [3.63, 3.8) is 0 Å². The minimum atomic E-state index is -4.63. The Morgan fingerprint density at radius 3 is 2.58 bits per heavy atom. The van der Waals surface area contributed by atoms with Gasteiger partial charge in [-0.05, 0) is 110 Å². The monoisotopic (exact) mass is 1000 g/mol. The van der Waals surface area contributed by atoms with Gasteiger partial charge in [0, 0.05) is 68.3 Å². The van der Waals surface area contributed by atoms with Gasteiger partial charge in [0.1, 0.15) is 23.1 Å². The number of anilines is 4. The first-order valence-electron chi connectivity index (χ1n) is 25.5. The quantitative estimate of drug-likeness (QED) is 0.0806. The lowest BCUT2D eigenvalue weighted by Gasteiger charge is -2.58. The number of nitro groups is 1. The first kappa shape index (κ1) is 48.4. The number of sulfonamides is 1. The number of carbonyl (C=O) groups is 1. The van der Waals surface area contributed by atoms with Crippen LogP contribution in [0.3, 0.4) is 0 Å². The molecule has 0 unspecified atom stereocenters. The number of benzene rings is 3. The molecular weight excluding hydrogens is 941 g/mol. The summed E-state index contributed by atoms with van der Waals surface area (Å²) in [6.07, 6.45) is 6.92. The maximum atomic E-state index is 14.7. The van der Waals surface area contributed by atoms with Gasteiger partial charge < -0.3 is 43.8 Å². The molecule has 6 aliphatic rings. The molecule has 1 saturated carbocycles. The van der Waals surface area contributed by atoms with Crippen LogP contribution < -0.4 is 24.6 Å². The lowest BCUT2D eigenvalue weighted by molar-refractivity contribution is -0.384. The van der Waals surface area contributed by atoms with Gasteiger partial charge in [0.25, 0.3) is 21.6 Å². The van der Waals surface area contributed by atoms with E-state index in [1.54, 1.807) is 6.07 Å². The van der Waals surface area contributed by atoms with Crippen LogP contribution >= 0.6 is 0 Å². The standard InChI is InChI=1S/C53H64N8O10S/c1-33(2)40-7-4-5-8-41(40)48-31-67-19-6-17-59(48)37-27-53(28-37)15-18-58(34(3)26-53)36-9-11-42(45(24-36)60-44-14-20-68-32-49(44)71-52-47(60)23-35-13-16-54-50(35)56-52)51(62)57-72(65,66)39-10-12-43(46(25-39)61(63)64)55-29-38-30-69-21-22-70-38/h4-5,7-13,16,23-25,33-34,37-38,44,48-49,55H,6,14-15,17-22,26-32H2,1-3H3,(H,54,56)(H,57,62)/t34-,37?,38+,44+,48+,49+,53?/m1/s1. The summed E-state index contributed by atoms with van der Waals surface area (Å²) in [5.74, 6) is -0.101. The third-order valence-electron chi connectivity index (χ3n) is 15.8. The Hall–Kier alpha value is -5.83. The summed E-state index contributed by atoms with van der Waals surface area (Å²) >= 11 is 0. The molecule has 5 fully saturated rings. The van der Waals surface area contributed by atoms with Crippen molar-refractivity contribution in [3.05, 3.63) is 106 Å². The summed E-state index contributed by atoms with van der Waals surface area (Å²) in [6, 6.07) is 22.5. The molecule has 3 N–H and O–H groups in total. The number of hydrogen-bond donors (Lipinski definition) is 3. The predicted molar refractivity (Wildman–Crippen MR) is 272 cm³/mol. The maximum absolute atomic E-state index is 14.7. The lowest BCUT2D eigenvalue weighted by Crippen LogP contribution is -2.58. The van der Waals surface area contributed by atoms with Crippen LogP contribution in [-0.4, -0.2) is 130 Å². The lowest BCUT2D eigenvalue weighted by atomic mass is 9.58. The molecule has 4 saturated heterocycles. The molecule has 5 aromatic rings. The van der Waals surface area contributed by atoms with E-state index in [1.807, 2.05) is 30.5 Å². The number of H-pyrrole nitrogens is 1. The topological polar surface area (TPSA) is 203 Å². The molecule has 3 aromatic carbocycles. The van der Waals surface area contributed by atoms with Crippen LogP contribution in [0.15, 0.2) is 83.9 Å². The van der Waals surface area contributed by atoms with Crippen molar-refractivity contribution in [2.45, 2.75) is 106 Å². The van der Waals surface area contributed by atoms with Crippen molar-refractivity contribution in [2.24, 2.45) is 5.41 Å². The van der Waals surface area contributed by atoms with Gasteiger partial charge in [0.15, 0.2) is 0 Å². The normalized spacial score (nSPS) is 26.8. The van der Waals surface area contributed by atoms with Crippen molar-refractivity contribution < 1.29 is 41.8 Å². The summed E-state index contributed by atoms with van der Waals surface area (Å²) in [6.45, 7) is 12.3. The Balaban J connectivity index is 0.887. The van der Waals surface area contributed by atoms with Gasteiger partial charge in [-0.3, -0.25) is 19.8 Å². The number of nitrogens with one attached hydrogen (secondary N) is 3. The highest BCUT2D eigenvalue weighted by Gasteiger charge is 2.51. The second-order valence-corrected chi connectivity index (χ2v) is 22.4. The number of hydrogen-bond acceptors (Lipinski definition) is 15. The van der Waals surface area contributed by atoms with Gasteiger partial charge in [0.05, 0.1) is 72.3 Å². The SMILES string of the molecule is CC(C)c1ccccc1[C@@H]1COCCCN1C1CC2(CCN(c3ccc(C(=O)NS(=O)(=O)c4ccc(NC[C@H]5COCCO5)c([N+](=O)[O-])c4)c(N4c5cc6cc[nH]c6nc5O[C@H]5COCC[C@@H]54)c3)[C@H](C)C2)C1. The number of aromatic nitrogens is 2. The van der Waals surface area contributed by atoms with Crippen molar-refractivity contribution in [3.8, 4) is 5.88 Å². The second kappa shape index (κ2) is 19.9. The third-order valence-corrected chi connectivity index (χ3v) is 17.2. The Morgan fingerprint density at radius 1 is 0.944 bits per heavy atom. The molecule has 0 bridgehead atoms. The minimum Gasteiger partial charge on any atom is -0.468 e. The number of carbonyl (C=O) groups excluding carboxylic acids is 1. The summed E-state index contributed by atoms with van der Waals surface area (Å²) < 4.78 is 60.4. The Morgan fingerprint density at radius 2 is 1.78 bits per heavy atom. The molecule has 2 aromatic heterocycles. The van der Waals surface area contributed by atoms with E-state index in [2.05, 4.69) is 74.8 Å². The Bertz CT molecular complexity index is 2940. The number of piperidine rings is 1. The van der Waals surface area contributed by atoms with Crippen molar-refractivity contribution >= 4 is 55.4 Å². The highest BCUT2D eigenvalue weighted by atomic mass is 32.2. The van der Waals surface area contributed by atoms with Gasteiger partial charge in [-0.1, -0.05) is 38.1 Å². The number of aromatic amines is 1. The molecule has 7 heterocycles. The second-order valence-electron chi connectivity index (χ2n) is 20.7. The largest absolute Gasteiger partial charge is 0.468 e. The van der Waals surface area contributed by atoms with Crippen LogP contribution in [0, 0.1) is 15.5 Å². The molecule has 18 nitrogen and oxygen atoms in total. The number of nitrogens with zero attached hydrogens (tertiary/aromatic N) is 5. The average Bonchev–Trinajstić information content (AvgIpc) is 3.69. The number of rotatable bonds is 12. The van der Waals surface area contributed by atoms with Crippen molar-refractivity contribution in [2.75, 3.05) is 81.0 Å². The average molecular weight is 1010 g/mol. The number of fused-ring (bicyclic) bond motifs is 3. The van der Waals surface area contributed by atoms with E-state index in [4.69, 9.17) is 28.7 Å². The smallest absolute Gasteiger partial charge is 0.293 e. The van der Waals surface area contributed by atoms with Crippen molar-refractivity contribution in [1.82, 2.24) is 19.6 Å². The van der Waals surface area contributed by atoms with E-state index in [0.29, 0.717) is 80.9 Å². The van der Waals surface area contributed by atoms with Gasteiger partial charge in [-0.2, -0.15) is 4.98 Å². The number of pyridine rings is 1. The fourth-order valence-electron chi connectivity index (χ4n) is 12.3. The van der Waals surface area contributed by atoms with Gasteiger partial charge in [-0.25, -0.2) is 13.1 Å². The first-order chi connectivity index (χ1) is 34.8. The maximum Gasteiger partial charge on any atom is 0.293 e. The molecule has 19 heteroatoms. The molecule has 382 valence electrons. The van der Waals surface area contributed by atoms with E-state index in [0.717, 1.165) is 68.9 Å². The number of nitro benzene ring substituents is 1. The third kappa shape index (κ3) is 9.39. The molecule has 11 rings (SSSR count). The van der Waals surface area contributed by atoms with E-state index in [1.165, 1.54) is 23.3 Å². The highest BCUT2D eigenvalue weighted by molar-refractivity contribution is 7.90. The van der Waals surface area contributed by atoms with E-state index in [-0.39, 0.29) is 47.4 Å². The zero-order chi connectivity index (χ0) is 49.7. The van der Waals surface area contributed by atoms with Gasteiger partial charge in [-0.15, -0.1) is 0 Å². The summed E-state index contributed by atoms with van der Waals surface area (Å²) in [4.78, 5) is 41.2. The van der Waals surface area contributed by atoms with Crippen LogP contribution in [0.4, 0.5) is 28.4 Å². The van der Waals surface area contributed by atoms with E-state index >= 15 is 0 Å². The molecule has 0 radical (unpaired) electrons. The number of ether oxygens (including phenoxy) is 5. The minimum absolute atomic E-state index is 0.107. The van der Waals surface area contributed by atoms with Crippen LogP contribution in [0.1, 0.15) is 92.7 Å². The van der Waals surface area contributed by atoms with Crippen LogP contribution in [0.2, 0.25) is 0 Å². The number of amides is 1. The molecule has 1 spiro atoms. The summed E-state index contributed by atoms with van der Waals surface area (Å²) in [5, 5.41) is 16.1. The zero-order valence-corrected chi connectivity index (χ0v) is 41.9. The van der Waals surface area contributed by atoms with E-state index < -0.39 is 37.5 Å². The van der Waals surface area contributed by atoms with Crippen LogP contribution in [-0.2, 0) is 29.0 Å².